The lowest BCUT2D eigenvalue weighted by atomic mass is 10.1. The second kappa shape index (κ2) is 4.33. The summed E-state index contributed by atoms with van der Waals surface area (Å²) in [6.07, 6.45) is 3.21. The van der Waals surface area contributed by atoms with Crippen LogP contribution >= 0.6 is 0 Å². The molecule has 2 aromatic heterocycles. The van der Waals surface area contributed by atoms with Crippen LogP contribution in [0.2, 0.25) is 0 Å². The van der Waals surface area contributed by atoms with Gasteiger partial charge in [0.2, 0.25) is 0 Å². The van der Waals surface area contributed by atoms with Crippen LogP contribution in [-0.4, -0.2) is 7.11 Å². The van der Waals surface area contributed by atoms with Crippen LogP contribution in [0.25, 0.3) is 0 Å². The summed E-state index contributed by atoms with van der Waals surface area (Å²) < 4.78 is 15.4. The van der Waals surface area contributed by atoms with Gasteiger partial charge in [0.15, 0.2) is 0 Å². The average molecular weight is 207 g/mol. The Morgan fingerprint density at radius 2 is 2.27 bits per heavy atom. The largest absolute Gasteiger partial charge is 0.472 e. The Morgan fingerprint density at radius 1 is 1.40 bits per heavy atom. The van der Waals surface area contributed by atoms with Crippen LogP contribution in [-0.2, 0) is 11.3 Å². The summed E-state index contributed by atoms with van der Waals surface area (Å²) in [6.45, 7) is 0.456. The average Bonchev–Trinajstić information content (AvgIpc) is 2.87. The molecular formula is C11H13NO3. The molecule has 0 radical (unpaired) electrons. The Hall–Kier alpha value is -1.52. The molecule has 0 amide bonds. The molecule has 0 aromatic carbocycles. The molecule has 15 heavy (non-hydrogen) atoms. The molecule has 0 aliphatic carbocycles. The van der Waals surface area contributed by atoms with E-state index in [1.54, 1.807) is 19.6 Å². The van der Waals surface area contributed by atoms with Crippen molar-refractivity contribution in [2.45, 2.75) is 12.6 Å². The molecule has 2 aromatic rings. The highest BCUT2D eigenvalue weighted by Gasteiger charge is 2.14. The van der Waals surface area contributed by atoms with Gasteiger partial charge in [-0.2, -0.15) is 0 Å². The van der Waals surface area contributed by atoms with E-state index in [0.717, 1.165) is 11.3 Å². The summed E-state index contributed by atoms with van der Waals surface area (Å²) in [7, 11) is 1.62. The Labute approximate surface area is 87.6 Å². The van der Waals surface area contributed by atoms with E-state index in [1.165, 1.54) is 0 Å². The highest BCUT2D eigenvalue weighted by atomic mass is 16.5. The third-order valence-electron chi connectivity index (χ3n) is 2.18. The number of hydrogen-bond donors (Lipinski definition) is 1. The number of hydrogen-bond acceptors (Lipinski definition) is 4. The first kappa shape index (κ1) is 10.0. The zero-order chi connectivity index (χ0) is 10.7. The minimum Gasteiger partial charge on any atom is -0.472 e. The molecule has 2 heterocycles. The minimum absolute atomic E-state index is 0.283. The van der Waals surface area contributed by atoms with Gasteiger partial charge in [-0.05, 0) is 18.2 Å². The van der Waals surface area contributed by atoms with Crippen LogP contribution in [0.4, 0.5) is 0 Å². The molecule has 0 saturated carbocycles. The first-order chi connectivity index (χ1) is 7.31. The fraction of sp³-hybridized carbons (Fsp3) is 0.273. The van der Waals surface area contributed by atoms with Crippen molar-refractivity contribution >= 4 is 0 Å². The van der Waals surface area contributed by atoms with E-state index in [-0.39, 0.29) is 6.04 Å². The fourth-order valence-electron chi connectivity index (χ4n) is 1.40. The third-order valence-corrected chi connectivity index (χ3v) is 2.18. The van der Waals surface area contributed by atoms with Gasteiger partial charge in [-0.1, -0.05) is 0 Å². The molecule has 0 aliphatic rings. The van der Waals surface area contributed by atoms with E-state index >= 15 is 0 Å². The summed E-state index contributed by atoms with van der Waals surface area (Å²) >= 11 is 0. The molecule has 2 N–H and O–H groups in total. The molecule has 0 spiro atoms. The SMILES string of the molecule is COCc1ccc(C(N)c2ccoc2)o1. The van der Waals surface area contributed by atoms with Gasteiger partial charge in [-0.15, -0.1) is 0 Å². The smallest absolute Gasteiger partial charge is 0.129 e. The lowest BCUT2D eigenvalue weighted by Crippen LogP contribution is -2.09. The van der Waals surface area contributed by atoms with Crippen molar-refractivity contribution in [1.29, 1.82) is 0 Å². The molecule has 1 atom stereocenters. The van der Waals surface area contributed by atoms with Crippen LogP contribution in [0.5, 0.6) is 0 Å². The number of ether oxygens (including phenoxy) is 1. The van der Waals surface area contributed by atoms with Crippen molar-refractivity contribution in [2.75, 3.05) is 7.11 Å². The summed E-state index contributed by atoms with van der Waals surface area (Å²) in [5.74, 6) is 1.48. The standard InChI is InChI=1S/C11H13NO3/c1-13-7-9-2-3-10(15-9)11(12)8-4-5-14-6-8/h2-6,11H,7,12H2,1H3. The van der Waals surface area contributed by atoms with Crippen molar-refractivity contribution in [3.63, 3.8) is 0 Å². The molecule has 80 valence electrons. The van der Waals surface area contributed by atoms with Gasteiger partial charge in [-0.25, -0.2) is 0 Å². The number of nitrogens with two attached hydrogens (primary N) is 1. The van der Waals surface area contributed by atoms with Crippen LogP contribution in [0.3, 0.4) is 0 Å². The maximum absolute atomic E-state index is 5.98. The second-order valence-electron chi connectivity index (χ2n) is 3.27. The highest BCUT2D eigenvalue weighted by Crippen LogP contribution is 2.22. The Bertz CT molecular complexity index is 405. The first-order valence-corrected chi connectivity index (χ1v) is 4.66. The van der Waals surface area contributed by atoms with Gasteiger partial charge in [0.05, 0.1) is 18.6 Å². The molecule has 4 nitrogen and oxygen atoms in total. The molecule has 1 unspecified atom stereocenters. The van der Waals surface area contributed by atoms with Crippen molar-refractivity contribution in [3.05, 3.63) is 47.8 Å². The molecular weight excluding hydrogens is 194 g/mol. The summed E-state index contributed by atoms with van der Waals surface area (Å²) in [5, 5.41) is 0. The zero-order valence-corrected chi connectivity index (χ0v) is 8.47. The van der Waals surface area contributed by atoms with E-state index in [0.29, 0.717) is 12.4 Å². The summed E-state index contributed by atoms with van der Waals surface area (Å²) in [6, 6.07) is 5.25. The van der Waals surface area contributed by atoms with Crippen molar-refractivity contribution in [2.24, 2.45) is 5.73 Å². The molecule has 4 heteroatoms. The number of rotatable bonds is 4. The summed E-state index contributed by atoms with van der Waals surface area (Å²) in [5.41, 5.74) is 6.87. The van der Waals surface area contributed by atoms with Crippen molar-refractivity contribution < 1.29 is 13.6 Å². The van der Waals surface area contributed by atoms with Crippen molar-refractivity contribution in [3.8, 4) is 0 Å². The van der Waals surface area contributed by atoms with Gasteiger partial charge < -0.3 is 19.3 Å². The molecule has 0 bridgehead atoms. The Kier molecular flexibility index (Phi) is 2.89. The normalized spacial score (nSPS) is 12.9. The third kappa shape index (κ3) is 2.11. The second-order valence-corrected chi connectivity index (χ2v) is 3.27. The van der Waals surface area contributed by atoms with Gasteiger partial charge in [0, 0.05) is 12.7 Å². The molecule has 0 aliphatic heterocycles. The highest BCUT2D eigenvalue weighted by molar-refractivity contribution is 5.23. The van der Waals surface area contributed by atoms with Crippen LogP contribution in [0.1, 0.15) is 23.1 Å². The van der Waals surface area contributed by atoms with E-state index < -0.39 is 0 Å². The minimum atomic E-state index is -0.283. The number of methoxy groups -OCH3 is 1. The predicted molar refractivity (Wildman–Crippen MR) is 54.2 cm³/mol. The van der Waals surface area contributed by atoms with Gasteiger partial charge in [0.25, 0.3) is 0 Å². The van der Waals surface area contributed by atoms with E-state index in [1.807, 2.05) is 18.2 Å². The maximum atomic E-state index is 5.98. The van der Waals surface area contributed by atoms with E-state index in [2.05, 4.69) is 0 Å². The van der Waals surface area contributed by atoms with Gasteiger partial charge in [-0.3, -0.25) is 0 Å². The Morgan fingerprint density at radius 3 is 2.93 bits per heavy atom. The van der Waals surface area contributed by atoms with E-state index in [9.17, 15) is 0 Å². The quantitative estimate of drug-likeness (QED) is 0.833. The molecule has 0 fully saturated rings. The van der Waals surface area contributed by atoms with Crippen LogP contribution in [0, 0.1) is 0 Å². The Balaban J connectivity index is 2.15. The predicted octanol–water partition coefficient (Wildman–Crippen LogP) is 2.07. The lowest BCUT2D eigenvalue weighted by Gasteiger charge is -2.04. The molecule has 0 saturated heterocycles. The topological polar surface area (TPSA) is 61.5 Å². The monoisotopic (exact) mass is 207 g/mol. The van der Waals surface area contributed by atoms with Crippen LogP contribution in [0.15, 0.2) is 39.6 Å². The lowest BCUT2D eigenvalue weighted by molar-refractivity contribution is 0.162. The molecule has 2 rings (SSSR count). The van der Waals surface area contributed by atoms with Crippen molar-refractivity contribution in [1.82, 2.24) is 0 Å². The maximum Gasteiger partial charge on any atom is 0.129 e. The summed E-state index contributed by atoms with van der Waals surface area (Å²) in [4.78, 5) is 0. The first-order valence-electron chi connectivity index (χ1n) is 4.66. The van der Waals surface area contributed by atoms with Crippen LogP contribution < -0.4 is 5.73 Å². The zero-order valence-electron chi connectivity index (χ0n) is 8.47. The van der Waals surface area contributed by atoms with Gasteiger partial charge in [0.1, 0.15) is 18.1 Å². The number of furan rings is 2. The van der Waals surface area contributed by atoms with E-state index in [4.69, 9.17) is 19.3 Å². The van der Waals surface area contributed by atoms with Gasteiger partial charge >= 0.3 is 0 Å². The fourth-order valence-corrected chi connectivity index (χ4v) is 1.40.